The summed E-state index contributed by atoms with van der Waals surface area (Å²) in [6, 6.07) is 9.55. The number of rotatable bonds is 5. The van der Waals surface area contributed by atoms with Gasteiger partial charge in [-0.25, -0.2) is 4.68 Å². The molecule has 1 unspecified atom stereocenters. The van der Waals surface area contributed by atoms with E-state index >= 15 is 0 Å². The third-order valence-electron chi connectivity index (χ3n) is 3.63. The van der Waals surface area contributed by atoms with E-state index in [1.165, 1.54) is 0 Å². The molecule has 22 heavy (non-hydrogen) atoms. The van der Waals surface area contributed by atoms with Crippen molar-refractivity contribution in [1.82, 2.24) is 15.1 Å². The van der Waals surface area contributed by atoms with Gasteiger partial charge in [0.15, 0.2) is 0 Å². The van der Waals surface area contributed by atoms with Crippen molar-refractivity contribution in [2.45, 2.75) is 33.2 Å². The van der Waals surface area contributed by atoms with Gasteiger partial charge in [-0.15, -0.1) is 0 Å². The van der Waals surface area contributed by atoms with Crippen LogP contribution in [0.2, 0.25) is 0 Å². The monoisotopic (exact) mass is 301 g/mol. The predicted octanol–water partition coefficient (Wildman–Crippen LogP) is 2.40. The molecule has 0 spiro atoms. The van der Waals surface area contributed by atoms with Crippen LogP contribution in [0, 0.1) is 5.41 Å². The van der Waals surface area contributed by atoms with Gasteiger partial charge in [0.2, 0.25) is 0 Å². The summed E-state index contributed by atoms with van der Waals surface area (Å²) in [5.74, 6) is -0.171. The summed E-state index contributed by atoms with van der Waals surface area (Å²) in [4.78, 5) is 12.4. The zero-order valence-electron chi connectivity index (χ0n) is 13.3. The number of hydrogen-bond acceptors (Lipinski definition) is 3. The van der Waals surface area contributed by atoms with Gasteiger partial charge in [0.1, 0.15) is 0 Å². The standard InChI is InChI=1S/C17H23N3O2/c1-17(2,3)15(9-10-21)19-16(22)13-11-18-20(12-13)14-7-5-4-6-8-14/h4-8,11-12,15,21H,9-10H2,1-3H3,(H,19,22). The Hall–Kier alpha value is -2.14. The molecule has 1 atom stereocenters. The Balaban J connectivity index is 2.12. The van der Waals surface area contributed by atoms with Gasteiger partial charge in [-0.3, -0.25) is 4.79 Å². The highest BCUT2D eigenvalue weighted by molar-refractivity contribution is 5.94. The number of aliphatic hydroxyl groups is 1. The van der Waals surface area contributed by atoms with Crippen LogP contribution in [0.25, 0.3) is 5.69 Å². The van der Waals surface area contributed by atoms with Gasteiger partial charge in [-0.1, -0.05) is 39.0 Å². The molecule has 2 rings (SSSR count). The minimum Gasteiger partial charge on any atom is -0.396 e. The van der Waals surface area contributed by atoms with Crippen molar-refractivity contribution in [3.63, 3.8) is 0 Å². The van der Waals surface area contributed by atoms with E-state index in [1.54, 1.807) is 17.1 Å². The minimum atomic E-state index is -0.171. The largest absolute Gasteiger partial charge is 0.396 e. The topological polar surface area (TPSA) is 67.2 Å². The Morgan fingerprint density at radius 2 is 2.00 bits per heavy atom. The van der Waals surface area contributed by atoms with E-state index in [9.17, 15) is 4.79 Å². The van der Waals surface area contributed by atoms with Crippen molar-refractivity contribution >= 4 is 5.91 Å². The molecule has 2 aromatic rings. The average Bonchev–Trinajstić information content (AvgIpc) is 2.96. The van der Waals surface area contributed by atoms with Gasteiger partial charge in [0.25, 0.3) is 5.91 Å². The zero-order chi connectivity index (χ0) is 16.2. The maximum absolute atomic E-state index is 12.4. The fraction of sp³-hybridized carbons (Fsp3) is 0.412. The molecule has 5 heteroatoms. The third-order valence-corrected chi connectivity index (χ3v) is 3.63. The van der Waals surface area contributed by atoms with Crippen molar-refractivity contribution in [3.8, 4) is 5.69 Å². The predicted molar refractivity (Wildman–Crippen MR) is 86.0 cm³/mol. The van der Waals surface area contributed by atoms with Crippen LogP contribution in [0.3, 0.4) is 0 Å². The minimum absolute atomic E-state index is 0.0471. The maximum Gasteiger partial charge on any atom is 0.254 e. The van der Waals surface area contributed by atoms with Gasteiger partial charge in [-0.2, -0.15) is 5.10 Å². The van der Waals surface area contributed by atoms with Gasteiger partial charge < -0.3 is 10.4 Å². The average molecular weight is 301 g/mol. The molecule has 0 aliphatic heterocycles. The van der Waals surface area contributed by atoms with Crippen LogP contribution in [0.1, 0.15) is 37.6 Å². The van der Waals surface area contributed by atoms with Gasteiger partial charge in [0.05, 0.1) is 17.4 Å². The smallest absolute Gasteiger partial charge is 0.254 e. The highest BCUT2D eigenvalue weighted by atomic mass is 16.3. The van der Waals surface area contributed by atoms with Crippen LogP contribution in [0.4, 0.5) is 0 Å². The molecule has 1 heterocycles. The first-order valence-electron chi connectivity index (χ1n) is 7.43. The van der Waals surface area contributed by atoms with Gasteiger partial charge in [-0.05, 0) is 24.0 Å². The molecule has 0 aliphatic carbocycles. The van der Waals surface area contributed by atoms with E-state index in [4.69, 9.17) is 5.11 Å². The van der Waals surface area contributed by atoms with Crippen molar-refractivity contribution in [3.05, 3.63) is 48.3 Å². The molecule has 0 fully saturated rings. The molecule has 1 aromatic carbocycles. The molecule has 1 aromatic heterocycles. The van der Waals surface area contributed by atoms with E-state index in [0.717, 1.165) is 5.69 Å². The molecule has 5 nitrogen and oxygen atoms in total. The summed E-state index contributed by atoms with van der Waals surface area (Å²) in [6.45, 7) is 6.18. The second-order valence-corrected chi connectivity index (χ2v) is 6.41. The number of para-hydroxylation sites is 1. The van der Waals surface area contributed by atoms with Crippen molar-refractivity contribution < 1.29 is 9.90 Å². The number of aromatic nitrogens is 2. The van der Waals surface area contributed by atoms with E-state index in [0.29, 0.717) is 12.0 Å². The SMILES string of the molecule is CC(C)(C)C(CCO)NC(=O)c1cnn(-c2ccccc2)c1. The van der Waals surface area contributed by atoms with E-state index in [1.807, 2.05) is 51.1 Å². The van der Waals surface area contributed by atoms with Crippen LogP contribution in [0.15, 0.2) is 42.7 Å². The Morgan fingerprint density at radius 1 is 1.32 bits per heavy atom. The highest BCUT2D eigenvalue weighted by Crippen LogP contribution is 2.22. The number of hydrogen-bond donors (Lipinski definition) is 2. The number of nitrogens with zero attached hydrogens (tertiary/aromatic N) is 2. The summed E-state index contributed by atoms with van der Waals surface area (Å²) in [7, 11) is 0. The van der Waals surface area contributed by atoms with Crippen LogP contribution in [-0.4, -0.2) is 33.4 Å². The Bertz CT molecular complexity index is 614. The molecule has 0 aliphatic rings. The number of nitrogens with one attached hydrogen (secondary N) is 1. The van der Waals surface area contributed by atoms with Crippen molar-refractivity contribution in [2.24, 2.45) is 5.41 Å². The lowest BCUT2D eigenvalue weighted by molar-refractivity contribution is 0.0885. The molecule has 0 saturated heterocycles. The number of aliphatic hydroxyl groups excluding tert-OH is 1. The van der Waals surface area contributed by atoms with Crippen molar-refractivity contribution in [1.29, 1.82) is 0 Å². The fourth-order valence-electron chi connectivity index (χ4n) is 2.25. The van der Waals surface area contributed by atoms with E-state index < -0.39 is 0 Å². The Labute approximate surface area is 131 Å². The van der Waals surface area contributed by atoms with E-state index in [2.05, 4.69) is 10.4 Å². The molecule has 2 N–H and O–H groups in total. The summed E-state index contributed by atoms with van der Waals surface area (Å²) in [5, 5.41) is 16.4. The maximum atomic E-state index is 12.4. The lowest BCUT2D eigenvalue weighted by Crippen LogP contribution is -2.44. The van der Waals surface area contributed by atoms with Gasteiger partial charge in [0, 0.05) is 18.8 Å². The van der Waals surface area contributed by atoms with Gasteiger partial charge >= 0.3 is 0 Å². The number of benzene rings is 1. The number of amides is 1. The van der Waals surface area contributed by atoms with Crippen LogP contribution in [0.5, 0.6) is 0 Å². The number of carbonyl (C=O) groups excluding carboxylic acids is 1. The summed E-state index contributed by atoms with van der Waals surface area (Å²) in [6.07, 6.45) is 3.80. The molecule has 0 radical (unpaired) electrons. The quantitative estimate of drug-likeness (QED) is 0.891. The first kappa shape index (κ1) is 16.2. The molecule has 0 bridgehead atoms. The second kappa shape index (κ2) is 6.75. The van der Waals surface area contributed by atoms with E-state index in [-0.39, 0.29) is 24.0 Å². The molecule has 0 saturated carbocycles. The fourth-order valence-corrected chi connectivity index (χ4v) is 2.25. The lowest BCUT2D eigenvalue weighted by atomic mass is 9.85. The highest BCUT2D eigenvalue weighted by Gasteiger charge is 2.26. The second-order valence-electron chi connectivity index (χ2n) is 6.41. The first-order chi connectivity index (χ1) is 10.4. The molecular weight excluding hydrogens is 278 g/mol. The van der Waals surface area contributed by atoms with Crippen LogP contribution in [-0.2, 0) is 0 Å². The van der Waals surface area contributed by atoms with Crippen LogP contribution < -0.4 is 5.32 Å². The lowest BCUT2D eigenvalue weighted by Gasteiger charge is -2.30. The Morgan fingerprint density at radius 3 is 2.59 bits per heavy atom. The Kier molecular flexibility index (Phi) is 4.98. The molecule has 1 amide bonds. The normalized spacial score (nSPS) is 12.9. The molecular formula is C17H23N3O2. The summed E-state index contributed by atoms with van der Waals surface area (Å²) < 4.78 is 1.67. The third kappa shape index (κ3) is 3.95. The van der Waals surface area contributed by atoms with Crippen LogP contribution >= 0.6 is 0 Å². The summed E-state index contributed by atoms with van der Waals surface area (Å²) in [5.41, 5.74) is 1.30. The number of carbonyl (C=O) groups is 1. The van der Waals surface area contributed by atoms with Crippen molar-refractivity contribution in [2.75, 3.05) is 6.61 Å². The summed E-state index contributed by atoms with van der Waals surface area (Å²) >= 11 is 0. The zero-order valence-corrected chi connectivity index (χ0v) is 13.3. The first-order valence-corrected chi connectivity index (χ1v) is 7.43. The molecule has 118 valence electrons.